The van der Waals surface area contributed by atoms with E-state index in [1.54, 1.807) is 22.5 Å². The van der Waals surface area contributed by atoms with E-state index < -0.39 is 8.07 Å². The molecule has 6 rings (SSSR count). The number of fused-ring (bicyclic) bond motifs is 2. The smallest absolute Gasteiger partial charge is 0.508 e. The molecule has 0 amide bonds. The normalized spacial score (nSPS) is 11.8. The van der Waals surface area contributed by atoms with Crippen LogP contribution in [0.25, 0.3) is 21.5 Å². The Balaban J connectivity index is 0.000000213. The Morgan fingerprint density at radius 2 is 0.854 bits per heavy atom. The van der Waals surface area contributed by atoms with E-state index >= 15 is 0 Å². The van der Waals surface area contributed by atoms with Gasteiger partial charge in [-0.1, -0.05) is 116 Å². The minimum Gasteiger partial charge on any atom is -0.508 e. The van der Waals surface area contributed by atoms with E-state index in [9.17, 15) is 10.2 Å². The quantitative estimate of drug-likeness (QED) is 0.137. The summed E-state index contributed by atoms with van der Waals surface area (Å²) in [5, 5.41) is 28.0. The number of aromatic hydroxyl groups is 2. The van der Waals surface area contributed by atoms with Crippen LogP contribution in [0.3, 0.4) is 0 Å². The summed E-state index contributed by atoms with van der Waals surface area (Å²) in [6.45, 7) is 26.3. The third-order valence-electron chi connectivity index (χ3n) is 9.16. The SMILES string of the molecule is Cc1[cH-]c2ccccc2c1[Si](C)(C)c1c(C)[cH-]c2ccccc12.Cc1ccc(O)c(C(C)(C)C)c1.Cc1ccc(O)c(C(C)(C)C)c1.[Zr+2]. The number of hydrogen-bond acceptors (Lipinski definition) is 2. The molecule has 2 N–H and O–H groups in total. The summed E-state index contributed by atoms with van der Waals surface area (Å²) in [5.74, 6) is 0.793. The molecule has 6 aromatic carbocycles. The third kappa shape index (κ3) is 8.68. The van der Waals surface area contributed by atoms with Crippen molar-refractivity contribution in [1.29, 1.82) is 0 Å². The van der Waals surface area contributed by atoms with Crippen LogP contribution in [0.5, 0.6) is 11.5 Å². The van der Waals surface area contributed by atoms with Gasteiger partial charge in [-0.15, -0.1) is 81.2 Å². The van der Waals surface area contributed by atoms with Gasteiger partial charge in [-0.25, -0.2) is 0 Å². The summed E-state index contributed by atoms with van der Waals surface area (Å²) >= 11 is 0. The molecule has 0 aliphatic carbocycles. The van der Waals surface area contributed by atoms with Crippen molar-refractivity contribution < 1.29 is 36.4 Å². The van der Waals surface area contributed by atoms with Crippen molar-refractivity contribution in [2.45, 2.75) is 93.2 Å². The van der Waals surface area contributed by atoms with Crippen LogP contribution < -0.4 is 10.4 Å². The molecule has 6 aromatic rings. The maximum Gasteiger partial charge on any atom is 2.00 e. The second kappa shape index (κ2) is 15.1. The second-order valence-electron chi connectivity index (χ2n) is 15.7. The van der Waals surface area contributed by atoms with Gasteiger partial charge in [0.15, 0.2) is 0 Å². The van der Waals surface area contributed by atoms with E-state index in [0.717, 1.165) is 11.1 Å². The van der Waals surface area contributed by atoms with E-state index in [1.807, 2.05) is 38.1 Å². The average Bonchev–Trinajstić information content (AvgIpc) is 3.51. The molecule has 0 aliphatic rings. The molecule has 0 aliphatic heterocycles. The molecule has 0 spiro atoms. The standard InChI is InChI=1S/C22H22Si.2C11H16O.Zr/c1-15-13-17-9-5-7-11-19(17)21(15)23(3,4)22-16(2)14-18-10-6-8-12-20(18)22;2*1-8-5-6-10(12)9(7-8)11(2,3)4;/h5-14H,1-4H3;2*5-7,12H,1-4H3;/q-2;;;+2. The van der Waals surface area contributed by atoms with Gasteiger partial charge < -0.3 is 10.2 Å². The Bertz CT molecular complexity index is 1850. The first-order valence-electron chi connectivity index (χ1n) is 16.7. The first-order chi connectivity index (χ1) is 21.8. The molecule has 48 heavy (non-hydrogen) atoms. The van der Waals surface area contributed by atoms with Crippen molar-refractivity contribution in [1.82, 2.24) is 0 Å². The average molecular weight is 734 g/mol. The first kappa shape index (κ1) is 39.2. The molecule has 0 fully saturated rings. The van der Waals surface area contributed by atoms with E-state index in [2.05, 4.69) is 129 Å². The van der Waals surface area contributed by atoms with Gasteiger partial charge in [0, 0.05) is 8.07 Å². The van der Waals surface area contributed by atoms with Crippen molar-refractivity contribution >= 4 is 40.0 Å². The first-order valence-corrected chi connectivity index (χ1v) is 19.7. The van der Waals surface area contributed by atoms with Gasteiger partial charge in [-0.3, -0.25) is 0 Å². The Labute approximate surface area is 309 Å². The fourth-order valence-electron chi connectivity index (χ4n) is 7.02. The molecule has 2 nitrogen and oxygen atoms in total. The number of phenolic OH excluding ortho intramolecular Hbond substituents is 2. The minimum atomic E-state index is -1.77. The minimum absolute atomic E-state index is 0. The van der Waals surface area contributed by atoms with Crippen molar-refractivity contribution in [3.63, 3.8) is 0 Å². The molecule has 0 bridgehead atoms. The molecule has 0 saturated carbocycles. The molecular weight excluding hydrogens is 680 g/mol. The van der Waals surface area contributed by atoms with Crippen LogP contribution in [0.2, 0.25) is 13.1 Å². The molecular formula is C44H54O2SiZr. The number of rotatable bonds is 2. The third-order valence-corrected chi connectivity index (χ3v) is 13.0. The summed E-state index contributed by atoms with van der Waals surface area (Å²) in [7, 11) is -1.77. The van der Waals surface area contributed by atoms with Crippen molar-refractivity contribution in [2.75, 3.05) is 0 Å². The van der Waals surface area contributed by atoms with Crippen LogP contribution in [0.4, 0.5) is 0 Å². The maximum atomic E-state index is 9.57. The maximum absolute atomic E-state index is 9.57. The molecule has 0 atom stereocenters. The monoisotopic (exact) mass is 732 g/mol. The van der Waals surface area contributed by atoms with Crippen LogP contribution in [0.15, 0.2) is 97.1 Å². The van der Waals surface area contributed by atoms with E-state index in [0.29, 0.717) is 11.5 Å². The summed E-state index contributed by atoms with van der Waals surface area (Å²) < 4.78 is 0. The Hall–Kier alpha value is -3.20. The van der Waals surface area contributed by atoms with E-state index in [-0.39, 0.29) is 37.0 Å². The topological polar surface area (TPSA) is 40.5 Å². The Kier molecular flexibility index (Phi) is 12.4. The molecule has 4 heteroatoms. The predicted octanol–water partition coefficient (Wildman–Crippen LogP) is 10.9. The predicted molar refractivity (Wildman–Crippen MR) is 208 cm³/mol. The van der Waals surface area contributed by atoms with E-state index in [4.69, 9.17) is 0 Å². The molecule has 0 heterocycles. The summed E-state index contributed by atoms with van der Waals surface area (Å²) in [5.41, 5.74) is 7.37. The van der Waals surface area contributed by atoms with Crippen LogP contribution in [-0.2, 0) is 37.0 Å². The number of hydrogen-bond donors (Lipinski definition) is 2. The van der Waals surface area contributed by atoms with Crippen molar-refractivity contribution in [2.24, 2.45) is 0 Å². The summed E-state index contributed by atoms with van der Waals surface area (Å²) in [6, 6.07) is 33.9. The van der Waals surface area contributed by atoms with Gasteiger partial charge in [0.25, 0.3) is 0 Å². The number of benzene rings is 4. The molecule has 250 valence electrons. The van der Waals surface area contributed by atoms with Crippen LogP contribution in [0, 0.1) is 27.7 Å². The molecule has 0 aromatic heterocycles. The molecule has 0 radical (unpaired) electrons. The van der Waals surface area contributed by atoms with Gasteiger partial charge in [0.1, 0.15) is 11.5 Å². The number of phenols is 2. The van der Waals surface area contributed by atoms with Crippen molar-refractivity contribution in [3.8, 4) is 11.5 Å². The van der Waals surface area contributed by atoms with Gasteiger partial charge in [-0.2, -0.15) is 10.4 Å². The van der Waals surface area contributed by atoms with Crippen LogP contribution >= 0.6 is 0 Å². The van der Waals surface area contributed by atoms with Gasteiger partial charge in [0.05, 0.1) is 0 Å². The van der Waals surface area contributed by atoms with Crippen molar-refractivity contribution in [3.05, 3.63) is 130 Å². The van der Waals surface area contributed by atoms with Crippen LogP contribution in [-0.4, -0.2) is 18.3 Å². The zero-order valence-corrected chi connectivity index (χ0v) is 34.6. The summed E-state index contributed by atoms with van der Waals surface area (Å²) in [6.07, 6.45) is 0. The van der Waals surface area contributed by atoms with E-state index in [1.165, 1.54) is 43.8 Å². The van der Waals surface area contributed by atoms with Gasteiger partial charge >= 0.3 is 26.2 Å². The Morgan fingerprint density at radius 1 is 0.521 bits per heavy atom. The fourth-order valence-corrected chi connectivity index (χ4v) is 11.2. The van der Waals surface area contributed by atoms with Crippen LogP contribution in [0.1, 0.15) is 74.9 Å². The zero-order chi connectivity index (χ0) is 34.9. The number of aryl methyl sites for hydroxylation is 4. The largest absolute Gasteiger partial charge is 2.00 e. The summed E-state index contributed by atoms with van der Waals surface area (Å²) in [4.78, 5) is 0. The second-order valence-corrected chi connectivity index (χ2v) is 20.0. The van der Waals surface area contributed by atoms with Gasteiger partial charge in [0.2, 0.25) is 0 Å². The molecule has 0 saturated heterocycles. The van der Waals surface area contributed by atoms with Gasteiger partial charge in [-0.05, 0) is 47.9 Å². The zero-order valence-electron chi connectivity index (χ0n) is 31.1. The Morgan fingerprint density at radius 3 is 1.17 bits per heavy atom. The molecule has 0 unspecified atom stereocenters. The fraction of sp³-hybridized carbons (Fsp3) is 0.318.